The third-order valence-electron chi connectivity index (χ3n) is 6.52. The predicted molar refractivity (Wildman–Crippen MR) is 128 cm³/mol. The summed E-state index contributed by atoms with van der Waals surface area (Å²) in [5.41, 5.74) is 1.70. The topological polar surface area (TPSA) is 94.2 Å². The number of urea groups is 1. The normalized spacial score (nSPS) is 21.9. The van der Waals surface area contributed by atoms with Crippen molar-refractivity contribution in [3.63, 3.8) is 0 Å². The van der Waals surface area contributed by atoms with Gasteiger partial charge in [-0.25, -0.2) is 9.59 Å². The predicted octanol–water partition coefficient (Wildman–Crippen LogP) is 1.75. The van der Waals surface area contributed by atoms with Gasteiger partial charge in [-0.3, -0.25) is 14.6 Å². The molecule has 184 valence electrons. The van der Waals surface area contributed by atoms with Crippen molar-refractivity contribution in [1.29, 1.82) is 0 Å². The van der Waals surface area contributed by atoms with E-state index in [9.17, 15) is 14.4 Å². The number of piperazine rings is 1. The molecular formula is C24H32ClN5O4. The fourth-order valence-corrected chi connectivity index (χ4v) is 4.81. The van der Waals surface area contributed by atoms with Crippen molar-refractivity contribution in [2.45, 2.75) is 25.8 Å². The number of nitrogens with zero attached hydrogens (tertiary/aromatic N) is 3. The van der Waals surface area contributed by atoms with Gasteiger partial charge in [-0.05, 0) is 37.5 Å². The zero-order chi connectivity index (χ0) is 24.1. The van der Waals surface area contributed by atoms with E-state index in [-0.39, 0.29) is 18.5 Å². The molecule has 1 atom stereocenters. The molecule has 3 aliphatic rings. The van der Waals surface area contributed by atoms with Gasteiger partial charge in [-0.1, -0.05) is 23.7 Å². The van der Waals surface area contributed by atoms with Crippen LogP contribution in [0.15, 0.2) is 35.5 Å². The van der Waals surface area contributed by atoms with E-state index in [2.05, 4.69) is 20.4 Å². The molecule has 0 aliphatic carbocycles. The number of ether oxygens (including phenoxy) is 1. The van der Waals surface area contributed by atoms with Crippen LogP contribution in [0.4, 0.5) is 4.79 Å². The van der Waals surface area contributed by atoms with E-state index in [4.69, 9.17) is 16.3 Å². The summed E-state index contributed by atoms with van der Waals surface area (Å²) in [4.78, 5) is 44.2. The minimum Gasteiger partial charge on any atom is -0.463 e. The molecular weight excluding hydrogens is 458 g/mol. The average Bonchev–Trinajstić information content (AvgIpc) is 3.36. The van der Waals surface area contributed by atoms with Gasteiger partial charge in [0.25, 0.3) is 0 Å². The molecule has 0 bridgehead atoms. The number of hydrogen-bond donors (Lipinski definition) is 2. The molecule has 10 heteroatoms. The molecule has 3 aliphatic heterocycles. The zero-order valence-electron chi connectivity index (χ0n) is 19.5. The summed E-state index contributed by atoms with van der Waals surface area (Å²) in [6.07, 6.45) is 2.18. The van der Waals surface area contributed by atoms with E-state index >= 15 is 0 Å². The number of hydrogen-bond acceptors (Lipinski definition) is 6. The Labute approximate surface area is 205 Å². The molecule has 2 fully saturated rings. The number of carbonyl (C=O) groups excluding carboxylic acids is 3. The van der Waals surface area contributed by atoms with Crippen LogP contribution in [0.2, 0.25) is 5.02 Å². The Balaban J connectivity index is 1.46. The summed E-state index contributed by atoms with van der Waals surface area (Å²) < 4.78 is 5.34. The SMILES string of the molecule is CCOC(=O)C1=C(CN2CCN(CC(=O)N3CCCC3)CC2)NC(=O)NC1c1ccc(Cl)cc1. The highest BCUT2D eigenvalue weighted by atomic mass is 35.5. The Morgan fingerprint density at radius 3 is 2.32 bits per heavy atom. The molecule has 34 heavy (non-hydrogen) atoms. The molecule has 3 amide bonds. The minimum absolute atomic E-state index is 0.203. The van der Waals surface area contributed by atoms with Gasteiger partial charge >= 0.3 is 12.0 Å². The lowest BCUT2D eigenvalue weighted by Gasteiger charge is -2.37. The third kappa shape index (κ3) is 5.89. The summed E-state index contributed by atoms with van der Waals surface area (Å²) in [6, 6.07) is 6.07. The maximum atomic E-state index is 12.9. The fourth-order valence-electron chi connectivity index (χ4n) is 4.68. The number of carbonyl (C=O) groups is 3. The molecule has 0 aromatic heterocycles. The van der Waals surface area contributed by atoms with Crippen LogP contribution in [0.25, 0.3) is 0 Å². The van der Waals surface area contributed by atoms with Crippen LogP contribution in [0.1, 0.15) is 31.4 Å². The first kappa shape index (κ1) is 24.5. The Hall–Kier alpha value is -2.62. The molecule has 1 aromatic rings. The van der Waals surface area contributed by atoms with E-state index in [0.717, 1.165) is 57.7 Å². The lowest BCUT2D eigenvalue weighted by Crippen LogP contribution is -2.53. The monoisotopic (exact) mass is 489 g/mol. The van der Waals surface area contributed by atoms with Crippen LogP contribution in [-0.2, 0) is 14.3 Å². The molecule has 4 rings (SSSR count). The Morgan fingerprint density at radius 1 is 1.03 bits per heavy atom. The molecule has 2 N–H and O–H groups in total. The highest BCUT2D eigenvalue weighted by Crippen LogP contribution is 2.29. The first-order valence-corrected chi connectivity index (χ1v) is 12.3. The lowest BCUT2D eigenvalue weighted by atomic mass is 9.95. The average molecular weight is 490 g/mol. The van der Waals surface area contributed by atoms with Gasteiger partial charge < -0.3 is 20.3 Å². The van der Waals surface area contributed by atoms with E-state index < -0.39 is 12.0 Å². The summed E-state index contributed by atoms with van der Waals surface area (Å²) in [5, 5.41) is 6.25. The zero-order valence-corrected chi connectivity index (χ0v) is 20.3. The molecule has 2 saturated heterocycles. The Morgan fingerprint density at radius 2 is 1.68 bits per heavy atom. The number of likely N-dealkylation sites (tertiary alicyclic amines) is 1. The quantitative estimate of drug-likeness (QED) is 0.567. The van der Waals surface area contributed by atoms with Gasteiger partial charge in [0.2, 0.25) is 5.91 Å². The summed E-state index contributed by atoms with van der Waals surface area (Å²) in [6.45, 7) is 7.58. The Bertz CT molecular complexity index is 937. The number of amides is 3. The number of rotatable bonds is 7. The number of nitrogens with one attached hydrogen (secondary N) is 2. The van der Waals surface area contributed by atoms with Gasteiger partial charge in [0.1, 0.15) is 0 Å². The first-order valence-electron chi connectivity index (χ1n) is 11.9. The van der Waals surface area contributed by atoms with E-state index in [1.54, 1.807) is 31.2 Å². The lowest BCUT2D eigenvalue weighted by molar-refractivity contribution is -0.139. The second kappa shape index (κ2) is 11.2. The molecule has 3 heterocycles. The van der Waals surface area contributed by atoms with Crippen molar-refractivity contribution in [2.75, 3.05) is 59.0 Å². The smallest absolute Gasteiger partial charge is 0.338 e. The highest BCUT2D eigenvalue weighted by Gasteiger charge is 2.35. The minimum atomic E-state index is -0.626. The van der Waals surface area contributed by atoms with Gasteiger partial charge in [0.15, 0.2) is 0 Å². The van der Waals surface area contributed by atoms with Crippen molar-refractivity contribution in [3.05, 3.63) is 46.1 Å². The summed E-state index contributed by atoms with van der Waals surface area (Å²) in [7, 11) is 0. The van der Waals surface area contributed by atoms with Crippen LogP contribution in [0.3, 0.4) is 0 Å². The van der Waals surface area contributed by atoms with Crippen LogP contribution in [0, 0.1) is 0 Å². The van der Waals surface area contributed by atoms with Crippen molar-refractivity contribution in [2.24, 2.45) is 0 Å². The van der Waals surface area contributed by atoms with E-state index in [0.29, 0.717) is 29.4 Å². The molecule has 0 spiro atoms. The second-order valence-electron chi connectivity index (χ2n) is 8.84. The van der Waals surface area contributed by atoms with E-state index in [1.165, 1.54) is 0 Å². The summed E-state index contributed by atoms with van der Waals surface area (Å²) >= 11 is 6.03. The van der Waals surface area contributed by atoms with Crippen molar-refractivity contribution in [1.82, 2.24) is 25.3 Å². The highest BCUT2D eigenvalue weighted by molar-refractivity contribution is 6.30. The third-order valence-corrected chi connectivity index (χ3v) is 6.77. The second-order valence-corrected chi connectivity index (χ2v) is 9.27. The molecule has 9 nitrogen and oxygen atoms in total. The van der Waals surface area contributed by atoms with Crippen molar-refractivity contribution >= 4 is 29.5 Å². The van der Waals surface area contributed by atoms with Crippen LogP contribution in [0.5, 0.6) is 0 Å². The van der Waals surface area contributed by atoms with Crippen LogP contribution >= 0.6 is 11.6 Å². The van der Waals surface area contributed by atoms with Gasteiger partial charge in [0, 0.05) is 56.5 Å². The van der Waals surface area contributed by atoms with Crippen molar-refractivity contribution in [3.8, 4) is 0 Å². The van der Waals surface area contributed by atoms with Gasteiger partial charge in [0.05, 0.1) is 24.8 Å². The Kier molecular flexibility index (Phi) is 8.07. The molecule has 0 saturated carbocycles. The van der Waals surface area contributed by atoms with Crippen LogP contribution < -0.4 is 10.6 Å². The fraction of sp³-hybridized carbons (Fsp3) is 0.542. The number of esters is 1. The molecule has 0 radical (unpaired) electrons. The maximum Gasteiger partial charge on any atom is 0.338 e. The van der Waals surface area contributed by atoms with Gasteiger partial charge in [-0.2, -0.15) is 0 Å². The van der Waals surface area contributed by atoms with E-state index in [1.807, 2.05) is 4.90 Å². The number of benzene rings is 1. The van der Waals surface area contributed by atoms with Gasteiger partial charge in [-0.15, -0.1) is 0 Å². The summed E-state index contributed by atoms with van der Waals surface area (Å²) in [5.74, 6) is -0.255. The molecule has 1 unspecified atom stereocenters. The standard InChI is InChI=1S/C24H32ClN5O4/c1-2-34-23(32)21-19(26-24(33)27-22(21)17-5-7-18(25)8-6-17)15-28-11-13-29(14-12-28)16-20(31)30-9-3-4-10-30/h5-8,22H,2-4,9-16H2,1H3,(H2,26,27,33). The largest absolute Gasteiger partial charge is 0.463 e. The van der Waals surface area contributed by atoms with Crippen LogP contribution in [-0.4, -0.2) is 91.6 Å². The maximum absolute atomic E-state index is 12.9. The molecule has 1 aromatic carbocycles. The first-order chi connectivity index (χ1) is 16.4. The number of halogens is 1. The van der Waals surface area contributed by atoms with Crippen molar-refractivity contribution < 1.29 is 19.1 Å².